The van der Waals surface area contributed by atoms with Crippen LogP contribution >= 0.6 is 0 Å². The molecule has 0 atom stereocenters. The van der Waals surface area contributed by atoms with Gasteiger partial charge in [0.2, 0.25) is 0 Å². The molecule has 3 fully saturated rings. The summed E-state index contributed by atoms with van der Waals surface area (Å²) in [5, 5.41) is 3.04. The zero-order chi connectivity index (χ0) is 23.3. The summed E-state index contributed by atoms with van der Waals surface area (Å²) in [5.74, 6) is 1.58. The number of amides is 1. The Morgan fingerprint density at radius 2 is 1.76 bits per heavy atom. The standard InChI is InChI=1S/C28H39N5O/c1-22-6-2-3-7-24(22)21-31-16-12-25(13-17-31)32-14-5-15-33(19-18-32)27-9-4-8-26(30-27)28(34)29-20-23-10-11-23/h2-4,6-9,23,25H,5,10-21H2,1H3,(H,29,34). The number of nitrogens with one attached hydrogen (secondary N) is 1. The van der Waals surface area contributed by atoms with Crippen molar-refractivity contribution in [3.8, 4) is 0 Å². The number of piperidine rings is 1. The van der Waals surface area contributed by atoms with Gasteiger partial charge in [0.25, 0.3) is 5.91 Å². The van der Waals surface area contributed by atoms with Gasteiger partial charge in [0.15, 0.2) is 0 Å². The number of aromatic nitrogens is 1. The van der Waals surface area contributed by atoms with Crippen molar-refractivity contribution in [2.45, 2.75) is 51.6 Å². The van der Waals surface area contributed by atoms with Crippen LogP contribution in [0.2, 0.25) is 0 Å². The van der Waals surface area contributed by atoms with Crippen LogP contribution in [-0.4, -0.2) is 72.5 Å². The molecule has 1 saturated carbocycles. The van der Waals surface area contributed by atoms with Crippen LogP contribution in [0.1, 0.15) is 53.7 Å². The lowest BCUT2D eigenvalue weighted by atomic mass is 10.0. The molecule has 2 saturated heterocycles. The first kappa shape index (κ1) is 23.3. The summed E-state index contributed by atoms with van der Waals surface area (Å²) in [4.78, 5) is 24.9. The Kier molecular flexibility index (Phi) is 7.45. The fourth-order valence-electron chi connectivity index (χ4n) is 5.38. The van der Waals surface area contributed by atoms with Gasteiger partial charge in [-0.2, -0.15) is 0 Å². The van der Waals surface area contributed by atoms with E-state index in [4.69, 9.17) is 4.98 Å². The van der Waals surface area contributed by atoms with E-state index in [0.717, 1.165) is 51.5 Å². The first-order chi connectivity index (χ1) is 16.7. The average molecular weight is 462 g/mol. The molecule has 0 unspecified atom stereocenters. The second-order valence-electron chi connectivity index (χ2n) is 10.3. The molecule has 0 bridgehead atoms. The Labute approximate surface area is 204 Å². The van der Waals surface area contributed by atoms with Crippen LogP contribution in [0, 0.1) is 12.8 Å². The van der Waals surface area contributed by atoms with Crippen LogP contribution < -0.4 is 10.2 Å². The molecule has 3 heterocycles. The molecule has 1 amide bonds. The summed E-state index contributed by atoms with van der Waals surface area (Å²) in [5.41, 5.74) is 3.40. The topological polar surface area (TPSA) is 51.7 Å². The molecule has 182 valence electrons. The number of carbonyl (C=O) groups excluding carboxylic acids is 1. The van der Waals surface area contributed by atoms with E-state index in [1.165, 1.54) is 49.9 Å². The lowest BCUT2D eigenvalue weighted by Gasteiger charge is -2.38. The van der Waals surface area contributed by atoms with Gasteiger partial charge in [-0.25, -0.2) is 4.98 Å². The number of benzene rings is 1. The van der Waals surface area contributed by atoms with Crippen LogP contribution in [-0.2, 0) is 6.54 Å². The van der Waals surface area contributed by atoms with Crippen LogP contribution in [0.25, 0.3) is 0 Å². The third-order valence-electron chi connectivity index (χ3n) is 7.80. The van der Waals surface area contributed by atoms with Gasteiger partial charge in [0.05, 0.1) is 0 Å². The highest BCUT2D eigenvalue weighted by Gasteiger charge is 2.27. The molecule has 1 N–H and O–H groups in total. The van der Waals surface area contributed by atoms with Crippen molar-refractivity contribution in [2.24, 2.45) is 5.92 Å². The zero-order valence-electron chi connectivity index (χ0n) is 20.6. The maximum absolute atomic E-state index is 12.5. The maximum Gasteiger partial charge on any atom is 0.269 e. The van der Waals surface area contributed by atoms with E-state index in [-0.39, 0.29) is 5.91 Å². The van der Waals surface area contributed by atoms with Gasteiger partial charge in [-0.3, -0.25) is 14.6 Å². The van der Waals surface area contributed by atoms with Crippen molar-refractivity contribution in [2.75, 3.05) is 50.7 Å². The van der Waals surface area contributed by atoms with Gasteiger partial charge in [-0.15, -0.1) is 0 Å². The van der Waals surface area contributed by atoms with Crippen molar-refractivity contribution in [1.29, 1.82) is 0 Å². The SMILES string of the molecule is Cc1ccccc1CN1CCC(N2CCCN(c3cccc(C(=O)NCC4CC4)n3)CC2)CC1. The molecular weight excluding hydrogens is 422 g/mol. The fourth-order valence-corrected chi connectivity index (χ4v) is 5.38. The molecule has 0 spiro atoms. The Morgan fingerprint density at radius 1 is 0.941 bits per heavy atom. The van der Waals surface area contributed by atoms with Crippen molar-refractivity contribution >= 4 is 11.7 Å². The predicted molar refractivity (Wildman–Crippen MR) is 137 cm³/mol. The molecule has 6 nitrogen and oxygen atoms in total. The Morgan fingerprint density at radius 3 is 2.56 bits per heavy atom. The molecule has 3 aliphatic rings. The minimum absolute atomic E-state index is 0.0392. The van der Waals surface area contributed by atoms with E-state index in [1.54, 1.807) is 0 Å². The van der Waals surface area contributed by atoms with E-state index < -0.39 is 0 Å². The van der Waals surface area contributed by atoms with Crippen molar-refractivity contribution in [3.63, 3.8) is 0 Å². The number of aryl methyl sites for hydroxylation is 1. The number of hydrogen-bond acceptors (Lipinski definition) is 5. The fraction of sp³-hybridized carbons (Fsp3) is 0.571. The summed E-state index contributed by atoms with van der Waals surface area (Å²) in [7, 11) is 0. The highest BCUT2D eigenvalue weighted by molar-refractivity contribution is 5.92. The molecule has 34 heavy (non-hydrogen) atoms. The van der Waals surface area contributed by atoms with Gasteiger partial charge < -0.3 is 10.2 Å². The molecule has 2 aliphatic heterocycles. The average Bonchev–Trinajstić information content (AvgIpc) is 3.72. The van der Waals surface area contributed by atoms with Gasteiger partial charge in [0.1, 0.15) is 11.5 Å². The number of rotatable bonds is 7. The molecule has 0 radical (unpaired) electrons. The molecule has 1 aromatic carbocycles. The summed E-state index contributed by atoms with van der Waals surface area (Å²) in [6, 6.07) is 15.3. The molecule has 5 rings (SSSR count). The van der Waals surface area contributed by atoms with Gasteiger partial charge in [0, 0.05) is 45.3 Å². The van der Waals surface area contributed by atoms with Gasteiger partial charge in [-0.05, 0) is 81.3 Å². The molecular formula is C28H39N5O. The van der Waals surface area contributed by atoms with E-state index in [9.17, 15) is 4.79 Å². The summed E-state index contributed by atoms with van der Waals surface area (Å²) in [6.45, 7) is 10.6. The Balaban J connectivity index is 1.11. The summed E-state index contributed by atoms with van der Waals surface area (Å²) in [6.07, 6.45) is 6.12. The normalized spacial score (nSPS) is 20.8. The molecule has 1 aliphatic carbocycles. The molecule has 2 aromatic rings. The minimum Gasteiger partial charge on any atom is -0.355 e. The third-order valence-corrected chi connectivity index (χ3v) is 7.80. The van der Waals surface area contributed by atoms with Crippen LogP contribution in [0.5, 0.6) is 0 Å². The van der Waals surface area contributed by atoms with Crippen LogP contribution in [0.15, 0.2) is 42.5 Å². The maximum atomic E-state index is 12.5. The zero-order valence-corrected chi connectivity index (χ0v) is 20.6. The summed E-state index contributed by atoms with van der Waals surface area (Å²) < 4.78 is 0. The van der Waals surface area contributed by atoms with Gasteiger partial charge >= 0.3 is 0 Å². The van der Waals surface area contributed by atoms with Gasteiger partial charge in [-0.1, -0.05) is 30.3 Å². The molecule has 1 aromatic heterocycles. The van der Waals surface area contributed by atoms with E-state index in [1.807, 2.05) is 12.1 Å². The third kappa shape index (κ3) is 5.97. The van der Waals surface area contributed by atoms with E-state index >= 15 is 0 Å². The monoisotopic (exact) mass is 461 g/mol. The highest BCUT2D eigenvalue weighted by atomic mass is 16.1. The number of nitrogens with zero attached hydrogens (tertiary/aromatic N) is 4. The Hall–Kier alpha value is -2.44. The van der Waals surface area contributed by atoms with Crippen molar-refractivity contribution in [1.82, 2.24) is 20.1 Å². The summed E-state index contributed by atoms with van der Waals surface area (Å²) >= 11 is 0. The minimum atomic E-state index is -0.0392. The largest absolute Gasteiger partial charge is 0.355 e. The lowest BCUT2D eigenvalue weighted by molar-refractivity contribution is 0.0947. The number of anilines is 1. The van der Waals surface area contributed by atoms with Crippen LogP contribution in [0.4, 0.5) is 5.82 Å². The predicted octanol–water partition coefficient (Wildman–Crippen LogP) is 3.71. The number of likely N-dealkylation sites (tertiary alicyclic amines) is 1. The smallest absolute Gasteiger partial charge is 0.269 e. The highest BCUT2D eigenvalue weighted by Crippen LogP contribution is 2.27. The second kappa shape index (κ2) is 10.9. The van der Waals surface area contributed by atoms with Crippen LogP contribution in [0.3, 0.4) is 0 Å². The number of hydrogen-bond donors (Lipinski definition) is 1. The molecule has 6 heteroatoms. The number of pyridine rings is 1. The quantitative estimate of drug-likeness (QED) is 0.681. The number of carbonyl (C=O) groups is 1. The Bertz CT molecular complexity index is 967. The van der Waals surface area contributed by atoms with E-state index in [0.29, 0.717) is 17.7 Å². The van der Waals surface area contributed by atoms with Crippen molar-refractivity contribution < 1.29 is 4.79 Å². The second-order valence-corrected chi connectivity index (χ2v) is 10.3. The van der Waals surface area contributed by atoms with Crippen molar-refractivity contribution in [3.05, 3.63) is 59.3 Å². The first-order valence-electron chi connectivity index (χ1n) is 13.2. The van der Waals surface area contributed by atoms with E-state index in [2.05, 4.69) is 57.3 Å². The lowest BCUT2D eigenvalue weighted by Crippen LogP contribution is -2.46. The first-order valence-corrected chi connectivity index (χ1v) is 13.2.